The molecular formula is C27H30FN3O3S. The van der Waals surface area contributed by atoms with Crippen molar-refractivity contribution >= 4 is 15.7 Å². The van der Waals surface area contributed by atoms with Crippen molar-refractivity contribution in [2.75, 3.05) is 0 Å². The van der Waals surface area contributed by atoms with Gasteiger partial charge in [0.25, 0.3) is 5.91 Å². The molecule has 1 aromatic heterocycles. The zero-order valence-electron chi connectivity index (χ0n) is 19.6. The van der Waals surface area contributed by atoms with Crippen molar-refractivity contribution in [1.29, 1.82) is 0 Å². The van der Waals surface area contributed by atoms with E-state index in [4.69, 9.17) is 0 Å². The molecule has 0 N–H and O–H groups in total. The lowest BCUT2D eigenvalue weighted by molar-refractivity contribution is 0.0723. The summed E-state index contributed by atoms with van der Waals surface area (Å²) < 4.78 is 42.7. The maximum atomic E-state index is 13.8. The molecule has 5 rings (SSSR count). The molecule has 2 aliphatic rings. The van der Waals surface area contributed by atoms with Gasteiger partial charge < -0.3 is 9.47 Å². The first-order valence-corrected chi connectivity index (χ1v) is 14.0. The van der Waals surface area contributed by atoms with Gasteiger partial charge in [-0.2, -0.15) is 0 Å². The van der Waals surface area contributed by atoms with E-state index in [2.05, 4.69) is 4.98 Å². The molecule has 2 aromatic carbocycles. The van der Waals surface area contributed by atoms with E-state index in [1.807, 2.05) is 22.8 Å². The van der Waals surface area contributed by atoms with Gasteiger partial charge in [-0.15, -0.1) is 0 Å². The Morgan fingerprint density at radius 2 is 1.74 bits per heavy atom. The first-order chi connectivity index (χ1) is 16.9. The number of hydrogen-bond donors (Lipinski definition) is 0. The van der Waals surface area contributed by atoms with Crippen LogP contribution in [0.1, 0.15) is 72.6 Å². The Morgan fingerprint density at radius 1 is 1.00 bits per heavy atom. The summed E-state index contributed by atoms with van der Waals surface area (Å²) in [6.07, 6.45) is 8.37. The average Bonchev–Trinajstić information content (AvgIpc) is 3.61. The Labute approximate surface area is 205 Å². The largest absolute Gasteiger partial charge is 0.330 e. The molecule has 2 aliphatic carbocycles. The third kappa shape index (κ3) is 5.32. The van der Waals surface area contributed by atoms with Gasteiger partial charge in [0.1, 0.15) is 5.82 Å². The number of halogens is 1. The summed E-state index contributed by atoms with van der Waals surface area (Å²) in [4.78, 5) is 19.5. The van der Waals surface area contributed by atoms with E-state index in [1.165, 1.54) is 18.2 Å². The summed E-state index contributed by atoms with van der Waals surface area (Å²) in [6.45, 7) is 0.254. The highest BCUT2D eigenvalue weighted by Gasteiger charge is 2.36. The normalized spacial score (nSPS) is 16.8. The fourth-order valence-electron chi connectivity index (χ4n) is 5.03. The Balaban J connectivity index is 1.49. The van der Waals surface area contributed by atoms with Crippen LogP contribution in [0.15, 0.2) is 66.0 Å². The van der Waals surface area contributed by atoms with Gasteiger partial charge in [-0.1, -0.05) is 55.7 Å². The molecule has 35 heavy (non-hydrogen) atoms. The molecule has 1 amide bonds. The minimum Gasteiger partial charge on any atom is -0.330 e. The van der Waals surface area contributed by atoms with E-state index in [1.54, 1.807) is 29.3 Å². The topological polar surface area (TPSA) is 72.3 Å². The van der Waals surface area contributed by atoms with Gasteiger partial charge in [0.05, 0.1) is 24.2 Å². The molecule has 1 heterocycles. The number of hydrogen-bond acceptors (Lipinski definition) is 4. The van der Waals surface area contributed by atoms with Crippen LogP contribution in [-0.4, -0.2) is 34.8 Å². The number of amides is 1. The van der Waals surface area contributed by atoms with Crippen LogP contribution < -0.4 is 0 Å². The van der Waals surface area contributed by atoms with Gasteiger partial charge in [0, 0.05) is 17.6 Å². The molecule has 6 nitrogen and oxygen atoms in total. The highest BCUT2D eigenvalue weighted by molar-refractivity contribution is 7.90. The molecule has 0 unspecified atom stereocenters. The van der Waals surface area contributed by atoms with Crippen LogP contribution in [0, 0.1) is 5.82 Å². The summed E-state index contributed by atoms with van der Waals surface area (Å²) in [7, 11) is -3.69. The highest BCUT2D eigenvalue weighted by atomic mass is 32.2. The Bertz CT molecular complexity index is 1300. The van der Waals surface area contributed by atoms with Crippen LogP contribution in [0.3, 0.4) is 0 Å². The van der Waals surface area contributed by atoms with E-state index in [0.717, 1.165) is 50.6 Å². The van der Waals surface area contributed by atoms with Crippen molar-refractivity contribution in [3.8, 4) is 0 Å². The van der Waals surface area contributed by atoms with E-state index >= 15 is 0 Å². The minimum absolute atomic E-state index is 0.0344. The molecule has 3 aromatic rings. The second-order valence-electron chi connectivity index (χ2n) is 9.61. The van der Waals surface area contributed by atoms with Crippen molar-refractivity contribution in [2.45, 2.75) is 74.5 Å². The maximum absolute atomic E-state index is 13.8. The number of benzene rings is 2. The smallest absolute Gasteiger partial charge is 0.254 e. The lowest BCUT2D eigenvalue weighted by atomic mass is 9.95. The summed E-state index contributed by atoms with van der Waals surface area (Å²) >= 11 is 0. The zero-order chi connectivity index (χ0) is 24.4. The van der Waals surface area contributed by atoms with Crippen molar-refractivity contribution in [2.24, 2.45) is 0 Å². The molecule has 2 saturated carbocycles. The highest BCUT2D eigenvalue weighted by Crippen LogP contribution is 2.35. The van der Waals surface area contributed by atoms with E-state index in [0.29, 0.717) is 11.1 Å². The molecule has 0 aliphatic heterocycles. The molecular weight excluding hydrogens is 465 g/mol. The molecule has 0 radical (unpaired) electrons. The lowest BCUT2D eigenvalue weighted by Gasteiger charge is -2.29. The van der Waals surface area contributed by atoms with Crippen molar-refractivity contribution in [3.05, 3.63) is 83.4 Å². The number of carbonyl (C=O) groups excluding carboxylic acids is 1. The molecule has 8 heteroatoms. The van der Waals surface area contributed by atoms with Crippen LogP contribution in [0.5, 0.6) is 0 Å². The molecule has 0 bridgehead atoms. The fourth-order valence-corrected chi connectivity index (χ4v) is 6.57. The average molecular weight is 496 g/mol. The van der Waals surface area contributed by atoms with Gasteiger partial charge in [-0.25, -0.2) is 17.8 Å². The van der Waals surface area contributed by atoms with E-state index < -0.39 is 15.7 Å². The third-order valence-electron chi connectivity index (χ3n) is 6.91. The predicted molar refractivity (Wildman–Crippen MR) is 131 cm³/mol. The molecule has 0 saturated heterocycles. The predicted octanol–water partition coefficient (Wildman–Crippen LogP) is 5.31. The Morgan fingerprint density at radius 3 is 2.43 bits per heavy atom. The van der Waals surface area contributed by atoms with Crippen LogP contribution in [0.4, 0.5) is 4.39 Å². The molecule has 0 atom stereocenters. The number of imidazole rings is 1. The van der Waals surface area contributed by atoms with Crippen molar-refractivity contribution in [1.82, 2.24) is 14.5 Å². The molecule has 184 valence electrons. The number of rotatable bonds is 8. The van der Waals surface area contributed by atoms with E-state index in [9.17, 15) is 17.6 Å². The third-order valence-corrected chi connectivity index (χ3v) is 8.48. The Hall–Kier alpha value is -3.00. The standard InChI is InChI=1S/C27H30FN3O3S/c28-22-11-7-10-21(16-22)26(32)30(23-14-15-23)18-25-17-29-27(31(25)24-12-5-2-6-13-24)35(33,34)19-20-8-3-1-4-9-20/h1,3-4,7-11,16-17,23-24H,2,5-6,12-15,18-19H2. The van der Waals surface area contributed by atoms with Gasteiger partial charge in [0.15, 0.2) is 0 Å². The number of nitrogens with zero attached hydrogens (tertiary/aromatic N) is 3. The van der Waals surface area contributed by atoms with Gasteiger partial charge in [-0.3, -0.25) is 4.79 Å². The summed E-state index contributed by atoms with van der Waals surface area (Å²) in [5, 5.41) is 0.0807. The molecule has 0 spiro atoms. The second kappa shape index (κ2) is 9.93. The van der Waals surface area contributed by atoms with Crippen LogP contribution in [-0.2, 0) is 22.1 Å². The summed E-state index contributed by atoms with van der Waals surface area (Å²) in [5.41, 5.74) is 1.74. The SMILES string of the molecule is O=C(c1cccc(F)c1)N(Cc1cnc(S(=O)(=O)Cc2ccccc2)n1C1CCCCC1)C1CC1. The van der Waals surface area contributed by atoms with Crippen LogP contribution >= 0.6 is 0 Å². The van der Waals surface area contributed by atoms with Gasteiger partial charge in [0.2, 0.25) is 15.0 Å². The van der Waals surface area contributed by atoms with Crippen molar-refractivity contribution in [3.63, 3.8) is 0 Å². The number of carbonyl (C=O) groups is 1. The fraction of sp³-hybridized carbons (Fsp3) is 0.407. The first kappa shape index (κ1) is 23.7. The van der Waals surface area contributed by atoms with Crippen LogP contribution in [0.25, 0.3) is 0 Å². The molecule has 2 fully saturated rings. The summed E-state index contributed by atoms with van der Waals surface area (Å²) in [6, 6.07) is 15.0. The Kier molecular flexibility index (Phi) is 6.73. The zero-order valence-corrected chi connectivity index (χ0v) is 20.5. The van der Waals surface area contributed by atoms with Crippen LogP contribution in [0.2, 0.25) is 0 Å². The van der Waals surface area contributed by atoms with Gasteiger partial charge >= 0.3 is 0 Å². The number of aromatic nitrogens is 2. The maximum Gasteiger partial charge on any atom is 0.254 e. The lowest BCUT2D eigenvalue weighted by Crippen LogP contribution is -2.34. The second-order valence-corrected chi connectivity index (χ2v) is 11.5. The monoisotopic (exact) mass is 495 g/mol. The minimum atomic E-state index is -3.69. The summed E-state index contributed by atoms with van der Waals surface area (Å²) in [5.74, 6) is -0.809. The first-order valence-electron chi connectivity index (χ1n) is 12.3. The number of sulfone groups is 1. The van der Waals surface area contributed by atoms with Crippen molar-refractivity contribution < 1.29 is 17.6 Å². The van der Waals surface area contributed by atoms with E-state index in [-0.39, 0.29) is 35.4 Å². The van der Waals surface area contributed by atoms with Gasteiger partial charge in [-0.05, 0) is 49.4 Å². The quantitative estimate of drug-likeness (QED) is 0.425.